The predicted molar refractivity (Wildman–Crippen MR) is 118 cm³/mol. The molecule has 0 atom stereocenters. The molecule has 1 N–H and O–H groups in total. The summed E-state index contributed by atoms with van der Waals surface area (Å²) in [5, 5.41) is 2.89. The molecule has 0 bridgehead atoms. The normalized spacial score (nSPS) is 11.2. The van der Waals surface area contributed by atoms with Crippen LogP contribution in [0.1, 0.15) is 27.0 Å². The zero-order valence-electron chi connectivity index (χ0n) is 17.0. The van der Waals surface area contributed by atoms with Gasteiger partial charge in [-0.1, -0.05) is 24.3 Å². The number of benzene rings is 3. The number of hydrogen-bond donors (Lipinski definition) is 1. The third kappa shape index (κ3) is 5.04. The molecule has 0 spiro atoms. The molecule has 0 aromatic heterocycles. The van der Waals surface area contributed by atoms with Gasteiger partial charge >= 0.3 is 0 Å². The van der Waals surface area contributed by atoms with Crippen molar-refractivity contribution in [1.82, 2.24) is 0 Å². The Morgan fingerprint density at radius 3 is 2.20 bits per heavy atom. The maximum absolute atomic E-state index is 13.1. The molecule has 0 unspecified atom stereocenters. The molecule has 156 valence electrons. The van der Waals surface area contributed by atoms with Crippen LogP contribution in [0.2, 0.25) is 0 Å². The highest BCUT2D eigenvalue weighted by atomic mass is 32.2. The molecule has 0 radical (unpaired) electrons. The molecule has 0 aliphatic carbocycles. The Bertz CT molecular complexity index is 1160. The highest BCUT2D eigenvalue weighted by molar-refractivity contribution is 7.92. The van der Waals surface area contributed by atoms with Crippen LogP contribution in [0.15, 0.2) is 66.7 Å². The summed E-state index contributed by atoms with van der Waals surface area (Å²) in [6.45, 7) is 3.97. The lowest BCUT2D eigenvalue weighted by Crippen LogP contribution is -2.29. The Labute approximate surface area is 176 Å². The van der Waals surface area contributed by atoms with Gasteiger partial charge < -0.3 is 5.32 Å². The Morgan fingerprint density at radius 1 is 0.967 bits per heavy atom. The van der Waals surface area contributed by atoms with Gasteiger partial charge in [0.1, 0.15) is 5.82 Å². The van der Waals surface area contributed by atoms with Gasteiger partial charge in [0.25, 0.3) is 5.91 Å². The molecule has 0 fully saturated rings. The van der Waals surface area contributed by atoms with Crippen molar-refractivity contribution in [3.8, 4) is 0 Å². The van der Waals surface area contributed by atoms with Crippen LogP contribution in [0.3, 0.4) is 0 Å². The zero-order valence-corrected chi connectivity index (χ0v) is 17.8. The van der Waals surface area contributed by atoms with Gasteiger partial charge in [0, 0.05) is 11.3 Å². The van der Waals surface area contributed by atoms with Crippen LogP contribution in [0.4, 0.5) is 15.8 Å². The Balaban J connectivity index is 1.81. The van der Waals surface area contributed by atoms with Gasteiger partial charge in [-0.15, -0.1) is 0 Å². The van der Waals surface area contributed by atoms with E-state index in [1.165, 1.54) is 16.4 Å². The summed E-state index contributed by atoms with van der Waals surface area (Å²) >= 11 is 0. The van der Waals surface area contributed by atoms with Crippen LogP contribution in [-0.2, 0) is 16.6 Å². The largest absolute Gasteiger partial charge is 0.322 e. The number of rotatable bonds is 6. The van der Waals surface area contributed by atoms with E-state index in [-0.39, 0.29) is 18.3 Å². The first kappa shape index (κ1) is 21.5. The fourth-order valence-electron chi connectivity index (χ4n) is 3.02. The fourth-order valence-corrected chi connectivity index (χ4v) is 3.90. The van der Waals surface area contributed by atoms with Crippen molar-refractivity contribution in [1.29, 1.82) is 0 Å². The average molecular weight is 427 g/mol. The van der Waals surface area contributed by atoms with E-state index in [1.807, 2.05) is 32.0 Å². The molecule has 0 aliphatic heterocycles. The number of carbonyl (C=O) groups excluding carboxylic acids is 1. The third-order valence-electron chi connectivity index (χ3n) is 4.91. The van der Waals surface area contributed by atoms with E-state index in [0.29, 0.717) is 16.8 Å². The van der Waals surface area contributed by atoms with Crippen LogP contribution >= 0.6 is 0 Å². The first-order valence-corrected chi connectivity index (χ1v) is 11.2. The summed E-state index contributed by atoms with van der Waals surface area (Å²) in [6, 6.07) is 17.7. The fraction of sp³-hybridized carbons (Fsp3) is 0.174. The van der Waals surface area contributed by atoms with Gasteiger partial charge in [-0.3, -0.25) is 9.10 Å². The van der Waals surface area contributed by atoms with Crippen LogP contribution < -0.4 is 9.62 Å². The predicted octanol–water partition coefficient (Wildman–Crippen LogP) is 4.66. The molecule has 7 heteroatoms. The quantitative estimate of drug-likeness (QED) is 0.623. The molecule has 0 saturated carbocycles. The van der Waals surface area contributed by atoms with Crippen molar-refractivity contribution < 1.29 is 17.6 Å². The van der Waals surface area contributed by atoms with Crippen LogP contribution in [0.5, 0.6) is 0 Å². The van der Waals surface area contributed by atoms with Gasteiger partial charge in [-0.05, 0) is 73.0 Å². The molecular weight excluding hydrogens is 403 g/mol. The number of anilines is 2. The van der Waals surface area contributed by atoms with E-state index in [4.69, 9.17) is 0 Å². The number of carbonyl (C=O) groups is 1. The van der Waals surface area contributed by atoms with Crippen LogP contribution in [0, 0.1) is 19.7 Å². The van der Waals surface area contributed by atoms with Gasteiger partial charge in [0.2, 0.25) is 10.0 Å². The smallest absolute Gasteiger partial charge is 0.255 e. The molecular formula is C23H23FN2O3S. The highest BCUT2D eigenvalue weighted by Gasteiger charge is 2.19. The van der Waals surface area contributed by atoms with E-state index < -0.39 is 10.0 Å². The van der Waals surface area contributed by atoms with Gasteiger partial charge in [0.05, 0.1) is 18.5 Å². The standard InChI is InChI=1S/C23H23FN2O3S/c1-16-5-4-6-22(17(16)2)25-23(27)19-9-13-21(14-10-19)26(30(3,28)29)15-18-7-11-20(24)12-8-18/h4-14H,15H2,1-3H3,(H,25,27). The molecule has 1 amide bonds. The number of aryl methyl sites for hydroxylation is 1. The second kappa shape index (κ2) is 8.67. The van der Waals surface area contributed by atoms with E-state index in [2.05, 4.69) is 5.32 Å². The molecule has 0 aliphatic rings. The zero-order chi connectivity index (χ0) is 21.9. The third-order valence-corrected chi connectivity index (χ3v) is 6.05. The maximum Gasteiger partial charge on any atom is 0.255 e. The summed E-state index contributed by atoms with van der Waals surface area (Å²) in [7, 11) is -3.58. The van der Waals surface area contributed by atoms with Crippen molar-refractivity contribution in [2.24, 2.45) is 0 Å². The molecule has 3 rings (SSSR count). The van der Waals surface area contributed by atoms with Crippen LogP contribution in [0.25, 0.3) is 0 Å². The molecule has 3 aromatic rings. The summed E-state index contributed by atoms with van der Waals surface area (Å²) < 4.78 is 39.0. The Morgan fingerprint density at radius 2 is 1.60 bits per heavy atom. The second-order valence-electron chi connectivity index (χ2n) is 7.14. The average Bonchev–Trinajstić information content (AvgIpc) is 2.70. The minimum absolute atomic E-state index is 0.0626. The summed E-state index contributed by atoms with van der Waals surface area (Å²) in [5.41, 5.74) is 4.29. The van der Waals surface area contributed by atoms with Crippen molar-refractivity contribution >= 4 is 27.3 Å². The number of nitrogens with one attached hydrogen (secondary N) is 1. The topological polar surface area (TPSA) is 66.5 Å². The van der Waals surface area contributed by atoms with Crippen molar-refractivity contribution in [3.05, 3.63) is 94.8 Å². The van der Waals surface area contributed by atoms with E-state index in [9.17, 15) is 17.6 Å². The van der Waals surface area contributed by atoms with Gasteiger partial charge in [0.15, 0.2) is 0 Å². The molecule has 30 heavy (non-hydrogen) atoms. The summed E-state index contributed by atoms with van der Waals surface area (Å²) in [6.07, 6.45) is 1.11. The Kier molecular flexibility index (Phi) is 6.22. The minimum Gasteiger partial charge on any atom is -0.322 e. The first-order valence-electron chi connectivity index (χ1n) is 9.35. The van der Waals surface area contributed by atoms with Gasteiger partial charge in [-0.25, -0.2) is 12.8 Å². The SMILES string of the molecule is Cc1cccc(NC(=O)c2ccc(N(Cc3ccc(F)cc3)S(C)(=O)=O)cc2)c1C. The number of nitrogens with zero attached hydrogens (tertiary/aromatic N) is 1. The summed E-state index contributed by atoms with van der Waals surface area (Å²) in [4.78, 5) is 12.6. The van der Waals surface area contributed by atoms with Gasteiger partial charge in [-0.2, -0.15) is 0 Å². The first-order chi connectivity index (χ1) is 14.1. The van der Waals surface area contributed by atoms with Crippen molar-refractivity contribution in [2.45, 2.75) is 20.4 Å². The van der Waals surface area contributed by atoms with E-state index in [0.717, 1.165) is 23.1 Å². The molecule has 3 aromatic carbocycles. The van der Waals surface area contributed by atoms with Crippen molar-refractivity contribution in [3.63, 3.8) is 0 Å². The highest BCUT2D eigenvalue weighted by Crippen LogP contribution is 2.23. The number of sulfonamides is 1. The lowest BCUT2D eigenvalue weighted by atomic mass is 10.1. The lowest BCUT2D eigenvalue weighted by molar-refractivity contribution is 0.102. The maximum atomic E-state index is 13.1. The van der Waals surface area contributed by atoms with E-state index >= 15 is 0 Å². The molecule has 5 nitrogen and oxygen atoms in total. The molecule has 0 saturated heterocycles. The van der Waals surface area contributed by atoms with E-state index in [1.54, 1.807) is 36.4 Å². The number of amides is 1. The molecule has 0 heterocycles. The monoisotopic (exact) mass is 426 g/mol. The lowest BCUT2D eigenvalue weighted by Gasteiger charge is -2.23. The minimum atomic E-state index is -3.58. The summed E-state index contributed by atoms with van der Waals surface area (Å²) in [5.74, 6) is -0.663. The number of halogens is 1. The van der Waals surface area contributed by atoms with Crippen molar-refractivity contribution in [2.75, 3.05) is 15.9 Å². The number of hydrogen-bond acceptors (Lipinski definition) is 3. The second-order valence-corrected chi connectivity index (χ2v) is 9.05. The Hall–Kier alpha value is -3.19. The van der Waals surface area contributed by atoms with Crippen LogP contribution in [-0.4, -0.2) is 20.6 Å².